The van der Waals surface area contributed by atoms with Gasteiger partial charge in [-0.1, -0.05) is 25.5 Å². The molecule has 1 aromatic carbocycles. The number of esters is 1. The third-order valence-corrected chi connectivity index (χ3v) is 2.93. The summed E-state index contributed by atoms with van der Waals surface area (Å²) in [5.41, 5.74) is 1.94. The van der Waals surface area contributed by atoms with Crippen LogP contribution in [0.4, 0.5) is 10.5 Å². The maximum atomic E-state index is 11.7. The van der Waals surface area contributed by atoms with Gasteiger partial charge >= 0.3 is 12.0 Å². The number of anilines is 1. The summed E-state index contributed by atoms with van der Waals surface area (Å²) in [7, 11) is 1.29. The Morgan fingerprint density at radius 3 is 2.45 bits per heavy atom. The Kier molecular flexibility index (Phi) is 6.56. The summed E-state index contributed by atoms with van der Waals surface area (Å²) in [5.74, 6) is -0.477. The predicted molar refractivity (Wildman–Crippen MR) is 78.7 cm³/mol. The van der Waals surface area contributed by atoms with Crippen molar-refractivity contribution in [3.05, 3.63) is 29.8 Å². The van der Waals surface area contributed by atoms with E-state index in [-0.39, 0.29) is 0 Å². The van der Waals surface area contributed by atoms with E-state index in [0.29, 0.717) is 5.69 Å². The molecule has 2 amide bonds. The van der Waals surface area contributed by atoms with E-state index in [0.717, 1.165) is 19.3 Å². The zero-order valence-electron chi connectivity index (χ0n) is 12.2. The fourth-order valence-electron chi connectivity index (χ4n) is 1.74. The Morgan fingerprint density at radius 2 is 1.90 bits per heavy atom. The molecule has 5 nitrogen and oxygen atoms in total. The second-order valence-electron chi connectivity index (χ2n) is 4.64. The molecule has 5 heteroatoms. The van der Waals surface area contributed by atoms with Gasteiger partial charge in [0.15, 0.2) is 0 Å². The van der Waals surface area contributed by atoms with Crippen LogP contribution in [0, 0.1) is 0 Å². The monoisotopic (exact) mass is 278 g/mol. The normalized spacial score (nSPS) is 11.6. The number of urea groups is 1. The minimum Gasteiger partial charge on any atom is -0.467 e. The predicted octanol–water partition coefficient (Wildman–Crippen LogP) is 2.71. The Bertz CT molecular complexity index is 443. The number of ether oxygens (including phenoxy) is 1. The topological polar surface area (TPSA) is 67.4 Å². The highest BCUT2D eigenvalue weighted by molar-refractivity contribution is 5.92. The lowest BCUT2D eigenvalue weighted by Gasteiger charge is -2.12. The number of methoxy groups -OCH3 is 1. The minimum atomic E-state index is -0.677. The maximum absolute atomic E-state index is 11.7. The summed E-state index contributed by atoms with van der Waals surface area (Å²) in [5, 5.41) is 5.18. The Labute approximate surface area is 119 Å². The summed E-state index contributed by atoms with van der Waals surface area (Å²) >= 11 is 0. The van der Waals surface area contributed by atoms with E-state index in [9.17, 15) is 9.59 Å². The van der Waals surface area contributed by atoms with Crippen LogP contribution in [-0.4, -0.2) is 25.2 Å². The van der Waals surface area contributed by atoms with Crippen LogP contribution >= 0.6 is 0 Å². The number of hydrogen-bond donors (Lipinski definition) is 2. The number of carbonyl (C=O) groups is 2. The number of amides is 2. The van der Waals surface area contributed by atoms with E-state index in [1.165, 1.54) is 12.7 Å². The number of rotatable bonds is 6. The van der Waals surface area contributed by atoms with Gasteiger partial charge in [0.2, 0.25) is 0 Å². The summed E-state index contributed by atoms with van der Waals surface area (Å²) in [4.78, 5) is 22.9. The summed E-state index contributed by atoms with van der Waals surface area (Å²) in [6.45, 7) is 3.72. The van der Waals surface area contributed by atoms with Crippen LogP contribution in [0.3, 0.4) is 0 Å². The van der Waals surface area contributed by atoms with Gasteiger partial charge in [-0.2, -0.15) is 0 Å². The molecule has 110 valence electrons. The van der Waals surface area contributed by atoms with Gasteiger partial charge in [-0.15, -0.1) is 0 Å². The SMILES string of the molecule is CCCCc1ccc(NC(=O)NC(C)C(=O)OC)cc1. The molecule has 0 spiro atoms. The molecule has 0 aliphatic rings. The van der Waals surface area contributed by atoms with Crippen LogP contribution in [0.2, 0.25) is 0 Å². The van der Waals surface area contributed by atoms with Crippen molar-refractivity contribution in [1.82, 2.24) is 5.32 Å². The first kappa shape index (κ1) is 16.0. The molecular formula is C15H22N2O3. The number of unbranched alkanes of at least 4 members (excludes halogenated alkanes) is 1. The zero-order valence-corrected chi connectivity index (χ0v) is 12.2. The highest BCUT2D eigenvalue weighted by Gasteiger charge is 2.15. The van der Waals surface area contributed by atoms with Gasteiger partial charge in [-0.05, 0) is 37.5 Å². The van der Waals surface area contributed by atoms with E-state index in [4.69, 9.17) is 0 Å². The highest BCUT2D eigenvalue weighted by Crippen LogP contribution is 2.11. The molecule has 0 saturated heterocycles. The fourth-order valence-corrected chi connectivity index (χ4v) is 1.74. The molecule has 0 aliphatic carbocycles. The zero-order chi connectivity index (χ0) is 15.0. The van der Waals surface area contributed by atoms with Gasteiger partial charge in [-0.3, -0.25) is 0 Å². The van der Waals surface area contributed by atoms with Gasteiger partial charge in [-0.25, -0.2) is 9.59 Å². The number of benzene rings is 1. The van der Waals surface area contributed by atoms with Crippen molar-refractivity contribution >= 4 is 17.7 Å². The lowest BCUT2D eigenvalue weighted by atomic mass is 10.1. The second kappa shape index (κ2) is 8.19. The molecule has 0 bridgehead atoms. The van der Waals surface area contributed by atoms with Crippen molar-refractivity contribution in [3.63, 3.8) is 0 Å². The molecule has 0 saturated carbocycles. The number of aryl methyl sites for hydroxylation is 1. The van der Waals surface area contributed by atoms with E-state index < -0.39 is 18.0 Å². The van der Waals surface area contributed by atoms with E-state index in [1.807, 2.05) is 24.3 Å². The molecule has 20 heavy (non-hydrogen) atoms. The summed E-state index contributed by atoms with van der Waals surface area (Å²) < 4.78 is 4.53. The average molecular weight is 278 g/mol. The van der Waals surface area contributed by atoms with Crippen molar-refractivity contribution in [2.24, 2.45) is 0 Å². The number of nitrogens with one attached hydrogen (secondary N) is 2. The molecule has 0 fully saturated rings. The van der Waals surface area contributed by atoms with Crippen molar-refractivity contribution in [2.75, 3.05) is 12.4 Å². The van der Waals surface area contributed by atoms with Gasteiger partial charge < -0.3 is 15.4 Å². The van der Waals surface area contributed by atoms with Gasteiger partial charge in [0.05, 0.1) is 7.11 Å². The third-order valence-electron chi connectivity index (χ3n) is 2.93. The first-order valence-electron chi connectivity index (χ1n) is 6.81. The van der Waals surface area contributed by atoms with E-state index in [1.54, 1.807) is 6.92 Å². The smallest absolute Gasteiger partial charge is 0.328 e. The Balaban J connectivity index is 2.47. The van der Waals surface area contributed by atoms with Crippen LogP contribution in [0.15, 0.2) is 24.3 Å². The standard InChI is InChI=1S/C15H22N2O3/c1-4-5-6-12-7-9-13(10-8-12)17-15(19)16-11(2)14(18)20-3/h7-11H,4-6H2,1-3H3,(H2,16,17,19). The number of hydrogen-bond acceptors (Lipinski definition) is 3. The average Bonchev–Trinajstić information content (AvgIpc) is 2.45. The first-order chi connectivity index (χ1) is 9.56. The Morgan fingerprint density at radius 1 is 1.25 bits per heavy atom. The number of carbonyl (C=O) groups excluding carboxylic acids is 2. The molecule has 0 aliphatic heterocycles. The molecular weight excluding hydrogens is 256 g/mol. The van der Waals surface area contributed by atoms with Crippen LogP contribution in [0.5, 0.6) is 0 Å². The largest absolute Gasteiger partial charge is 0.467 e. The first-order valence-corrected chi connectivity index (χ1v) is 6.81. The quantitative estimate of drug-likeness (QED) is 0.786. The van der Waals surface area contributed by atoms with Crippen molar-refractivity contribution in [2.45, 2.75) is 39.2 Å². The van der Waals surface area contributed by atoms with Crippen molar-refractivity contribution in [1.29, 1.82) is 0 Å². The van der Waals surface area contributed by atoms with E-state index >= 15 is 0 Å². The lowest BCUT2D eigenvalue weighted by molar-refractivity contribution is -0.142. The van der Waals surface area contributed by atoms with Gasteiger partial charge in [0, 0.05) is 5.69 Å². The van der Waals surface area contributed by atoms with Crippen LogP contribution < -0.4 is 10.6 Å². The molecule has 0 radical (unpaired) electrons. The third kappa shape index (κ3) is 5.30. The van der Waals surface area contributed by atoms with Crippen LogP contribution in [-0.2, 0) is 16.0 Å². The van der Waals surface area contributed by atoms with Crippen molar-refractivity contribution < 1.29 is 14.3 Å². The van der Waals surface area contributed by atoms with Gasteiger partial charge in [0.1, 0.15) is 6.04 Å². The molecule has 1 rings (SSSR count). The van der Waals surface area contributed by atoms with Crippen LogP contribution in [0.1, 0.15) is 32.3 Å². The second-order valence-corrected chi connectivity index (χ2v) is 4.64. The van der Waals surface area contributed by atoms with Crippen molar-refractivity contribution in [3.8, 4) is 0 Å². The fraction of sp³-hybridized carbons (Fsp3) is 0.467. The maximum Gasteiger partial charge on any atom is 0.328 e. The Hall–Kier alpha value is -2.04. The molecule has 1 unspecified atom stereocenters. The molecule has 1 atom stereocenters. The molecule has 0 aromatic heterocycles. The summed E-state index contributed by atoms with van der Waals surface area (Å²) in [6.07, 6.45) is 3.36. The lowest BCUT2D eigenvalue weighted by Crippen LogP contribution is -2.41. The summed E-state index contributed by atoms with van der Waals surface area (Å²) in [6, 6.07) is 6.60. The van der Waals surface area contributed by atoms with E-state index in [2.05, 4.69) is 22.3 Å². The minimum absolute atomic E-state index is 0.427. The molecule has 1 aromatic rings. The van der Waals surface area contributed by atoms with Crippen LogP contribution in [0.25, 0.3) is 0 Å². The van der Waals surface area contributed by atoms with Gasteiger partial charge in [0.25, 0.3) is 0 Å². The molecule has 0 heterocycles. The molecule has 2 N–H and O–H groups in total. The highest BCUT2D eigenvalue weighted by atomic mass is 16.5.